The number of ether oxygens (including phenoxy) is 2. The van der Waals surface area contributed by atoms with E-state index in [2.05, 4.69) is 19.6 Å². The Morgan fingerprint density at radius 2 is 1.69 bits per heavy atom. The Balaban J connectivity index is 1.56. The molecule has 0 heterocycles. The van der Waals surface area contributed by atoms with E-state index < -0.39 is 11.4 Å². The second-order valence-electron chi connectivity index (χ2n) is 11.4. The number of carboxylic acid groups (broad SMARTS) is 1. The van der Waals surface area contributed by atoms with Crippen molar-refractivity contribution in [3.05, 3.63) is 47.1 Å². The predicted octanol–water partition coefficient (Wildman–Crippen LogP) is 6.21. The first-order chi connectivity index (χ1) is 17.0. The number of hydrogen-bond donors (Lipinski definition) is 1. The molecule has 6 heteroatoms. The van der Waals surface area contributed by atoms with Gasteiger partial charge in [-0.1, -0.05) is 37.1 Å². The highest BCUT2D eigenvalue weighted by molar-refractivity contribution is 5.75. The van der Waals surface area contributed by atoms with Gasteiger partial charge in [0, 0.05) is 25.0 Å². The van der Waals surface area contributed by atoms with Gasteiger partial charge in [-0.05, 0) is 87.7 Å². The quantitative estimate of drug-likeness (QED) is 0.287. The van der Waals surface area contributed by atoms with E-state index in [1.165, 1.54) is 25.0 Å². The molecule has 4 atom stereocenters. The highest BCUT2D eigenvalue weighted by atomic mass is 16.5. The SMILES string of the molecule is C=C1CC[C@@H]2[C@](C)(CCC[C@]2(C)C(=O)O)[C@H]1CCC1=CCc2c(OC(C)=O)ccc(OC(C)=O)c2C1. The van der Waals surface area contributed by atoms with Crippen molar-refractivity contribution in [3.8, 4) is 11.5 Å². The van der Waals surface area contributed by atoms with Crippen molar-refractivity contribution in [2.24, 2.45) is 22.7 Å². The molecular formula is C30H38O6. The maximum atomic E-state index is 12.3. The molecule has 0 unspecified atom stereocenters. The summed E-state index contributed by atoms with van der Waals surface area (Å²) in [6.07, 6.45) is 9.71. The van der Waals surface area contributed by atoms with E-state index in [4.69, 9.17) is 9.47 Å². The van der Waals surface area contributed by atoms with Gasteiger partial charge in [-0.25, -0.2) is 0 Å². The molecule has 1 aromatic rings. The number of allylic oxidation sites excluding steroid dienone is 3. The number of aliphatic carboxylic acids is 1. The second kappa shape index (κ2) is 9.87. The summed E-state index contributed by atoms with van der Waals surface area (Å²) in [6, 6.07) is 3.39. The molecule has 0 aromatic heterocycles. The molecule has 0 amide bonds. The van der Waals surface area contributed by atoms with Gasteiger partial charge in [-0.3, -0.25) is 14.4 Å². The minimum Gasteiger partial charge on any atom is -0.481 e. The van der Waals surface area contributed by atoms with Crippen LogP contribution in [0.2, 0.25) is 0 Å². The largest absolute Gasteiger partial charge is 0.481 e. The van der Waals surface area contributed by atoms with Crippen LogP contribution in [-0.2, 0) is 27.2 Å². The first-order valence-corrected chi connectivity index (χ1v) is 13.1. The minimum absolute atomic E-state index is 0.0702. The number of hydrogen-bond acceptors (Lipinski definition) is 5. The number of fused-ring (bicyclic) bond motifs is 2. The van der Waals surface area contributed by atoms with Gasteiger partial charge in [0.1, 0.15) is 11.5 Å². The number of benzene rings is 1. The van der Waals surface area contributed by atoms with Crippen LogP contribution in [0.5, 0.6) is 11.5 Å². The van der Waals surface area contributed by atoms with Crippen LogP contribution < -0.4 is 9.47 Å². The summed E-state index contributed by atoms with van der Waals surface area (Å²) < 4.78 is 10.9. The van der Waals surface area contributed by atoms with Crippen LogP contribution in [0, 0.1) is 22.7 Å². The Kier molecular flexibility index (Phi) is 7.18. The van der Waals surface area contributed by atoms with Crippen molar-refractivity contribution in [1.29, 1.82) is 0 Å². The fraction of sp³-hybridized carbons (Fsp3) is 0.567. The summed E-state index contributed by atoms with van der Waals surface area (Å²) in [5, 5.41) is 10.1. The third-order valence-corrected chi connectivity index (χ3v) is 9.11. The summed E-state index contributed by atoms with van der Waals surface area (Å²) in [5.41, 5.74) is 3.53. The minimum atomic E-state index is -0.680. The molecule has 0 saturated heterocycles. The van der Waals surface area contributed by atoms with Crippen molar-refractivity contribution < 1.29 is 29.0 Å². The van der Waals surface area contributed by atoms with Crippen molar-refractivity contribution >= 4 is 17.9 Å². The first-order valence-electron chi connectivity index (χ1n) is 13.1. The topological polar surface area (TPSA) is 89.9 Å². The Hall–Kier alpha value is -2.89. The maximum absolute atomic E-state index is 12.3. The smallest absolute Gasteiger partial charge is 0.309 e. The van der Waals surface area contributed by atoms with E-state index in [0.29, 0.717) is 24.3 Å². The van der Waals surface area contributed by atoms with Gasteiger partial charge < -0.3 is 14.6 Å². The molecule has 4 rings (SSSR count). The summed E-state index contributed by atoms with van der Waals surface area (Å²) in [6.45, 7) is 11.4. The highest BCUT2D eigenvalue weighted by Crippen LogP contribution is 2.62. The molecule has 0 spiro atoms. The zero-order chi connectivity index (χ0) is 26.3. The van der Waals surface area contributed by atoms with Crippen LogP contribution in [0.1, 0.15) is 83.8 Å². The van der Waals surface area contributed by atoms with Crippen LogP contribution >= 0.6 is 0 Å². The number of esters is 2. The van der Waals surface area contributed by atoms with Crippen LogP contribution in [0.15, 0.2) is 35.9 Å². The molecule has 3 aliphatic carbocycles. The fourth-order valence-electron chi connectivity index (χ4n) is 7.37. The van der Waals surface area contributed by atoms with E-state index in [9.17, 15) is 19.5 Å². The molecule has 194 valence electrons. The van der Waals surface area contributed by atoms with E-state index in [1.807, 2.05) is 6.92 Å². The maximum Gasteiger partial charge on any atom is 0.309 e. The van der Waals surface area contributed by atoms with E-state index in [-0.39, 0.29) is 29.2 Å². The number of carbonyl (C=O) groups is 3. The molecule has 6 nitrogen and oxygen atoms in total. The van der Waals surface area contributed by atoms with Crippen molar-refractivity contribution in [2.45, 2.75) is 85.5 Å². The lowest BCUT2D eigenvalue weighted by Gasteiger charge is -2.57. The molecule has 2 saturated carbocycles. The van der Waals surface area contributed by atoms with Crippen LogP contribution in [0.3, 0.4) is 0 Å². The van der Waals surface area contributed by atoms with Gasteiger partial charge in [0.25, 0.3) is 0 Å². The van der Waals surface area contributed by atoms with Gasteiger partial charge in [-0.2, -0.15) is 0 Å². The Morgan fingerprint density at radius 3 is 2.31 bits per heavy atom. The van der Waals surface area contributed by atoms with Gasteiger partial charge in [0.2, 0.25) is 0 Å². The molecule has 0 bridgehead atoms. The summed E-state index contributed by atoms with van der Waals surface area (Å²) in [4.78, 5) is 35.6. The Bertz CT molecular complexity index is 1130. The number of rotatable bonds is 6. The zero-order valence-electron chi connectivity index (χ0n) is 21.9. The summed E-state index contributed by atoms with van der Waals surface area (Å²) >= 11 is 0. The Labute approximate surface area is 213 Å². The predicted molar refractivity (Wildman–Crippen MR) is 137 cm³/mol. The fourth-order valence-corrected chi connectivity index (χ4v) is 7.37. The van der Waals surface area contributed by atoms with E-state index >= 15 is 0 Å². The van der Waals surface area contributed by atoms with Gasteiger partial charge in [0.15, 0.2) is 0 Å². The second-order valence-corrected chi connectivity index (χ2v) is 11.4. The molecule has 1 aromatic carbocycles. The molecular weight excluding hydrogens is 456 g/mol. The monoisotopic (exact) mass is 494 g/mol. The Morgan fingerprint density at radius 1 is 1.06 bits per heavy atom. The normalized spacial score (nSPS) is 29.4. The summed E-state index contributed by atoms with van der Waals surface area (Å²) in [7, 11) is 0. The number of carbonyl (C=O) groups excluding carboxylic acids is 2. The average molecular weight is 495 g/mol. The van der Waals surface area contributed by atoms with Gasteiger partial charge in [-0.15, -0.1) is 0 Å². The van der Waals surface area contributed by atoms with Crippen LogP contribution in [-0.4, -0.2) is 23.0 Å². The lowest BCUT2D eigenvalue weighted by molar-refractivity contribution is -0.164. The van der Waals surface area contributed by atoms with Crippen molar-refractivity contribution in [1.82, 2.24) is 0 Å². The third-order valence-electron chi connectivity index (χ3n) is 9.11. The molecule has 0 radical (unpaired) electrons. The summed E-state index contributed by atoms with van der Waals surface area (Å²) in [5.74, 6) is 0.00863. The van der Waals surface area contributed by atoms with E-state index in [0.717, 1.165) is 56.1 Å². The molecule has 0 aliphatic heterocycles. The molecule has 2 fully saturated rings. The third kappa shape index (κ3) is 4.74. The van der Waals surface area contributed by atoms with E-state index in [1.54, 1.807) is 12.1 Å². The average Bonchev–Trinajstić information content (AvgIpc) is 2.79. The lowest BCUT2D eigenvalue weighted by Crippen LogP contribution is -2.53. The molecule has 1 N–H and O–H groups in total. The molecule has 3 aliphatic rings. The van der Waals surface area contributed by atoms with Crippen LogP contribution in [0.4, 0.5) is 0 Å². The number of carboxylic acids is 1. The van der Waals surface area contributed by atoms with Gasteiger partial charge in [0.05, 0.1) is 5.41 Å². The lowest BCUT2D eigenvalue weighted by atomic mass is 9.46. The van der Waals surface area contributed by atoms with Crippen molar-refractivity contribution in [2.75, 3.05) is 0 Å². The van der Waals surface area contributed by atoms with Crippen molar-refractivity contribution in [3.63, 3.8) is 0 Å². The zero-order valence-corrected chi connectivity index (χ0v) is 21.9. The van der Waals surface area contributed by atoms with Gasteiger partial charge >= 0.3 is 17.9 Å². The molecule has 36 heavy (non-hydrogen) atoms. The van der Waals surface area contributed by atoms with Crippen LogP contribution in [0.25, 0.3) is 0 Å². The first kappa shape index (κ1) is 26.2. The highest BCUT2D eigenvalue weighted by Gasteiger charge is 2.57. The standard InChI is InChI=1S/C30H38O6/c1-18-7-14-27-29(4,15-6-16-30(27,5)28(33)34)24(18)11-9-21-8-10-22-23(17-21)26(36-20(3)32)13-12-25(22)35-19(2)31/h8,12-13,24,27H,1,6-7,9-11,14-17H2,2-5H3,(H,33,34)/t24-,27+,29+,30-/m0/s1.